The first-order valence-electron chi connectivity index (χ1n) is 7.05. The van der Waals surface area contributed by atoms with Gasteiger partial charge in [0.05, 0.1) is 0 Å². The van der Waals surface area contributed by atoms with Gasteiger partial charge in [-0.05, 0) is 55.2 Å². The van der Waals surface area contributed by atoms with Crippen molar-refractivity contribution in [2.45, 2.75) is 19.3 Å². The van der Waals surface area contributed by atoms with E-state index in [2.05, 4.69) is 10.2 Å². The van der Waals surface area contributed by atoms with Crippen LogP contribution in [0, 0.1) is 10.8 Å². The van der Waals surface area contributed by atoms with Crippen molar-refractivity contribution in [3.05, 3.63) is 34.7 Å². The van der Waals surface area contributed by atoms with Crippen LogP contribution in [-0.4, -0.2) is 34.6 Å². The zero-order chi connectivity index (χ0) is 14.8. The second-order valence-electron chi connectivity index (χ2n) is 5.48. The predicted molar refractivity (Wildman–Crippen MR) is 81.4 cm³/mol. The number of carbonyl (C=O) groups is 1. The average molecular weight is 303 g/mol. The first kappa shape index (κ1) is 14.0. The Morgan fingerprint density at radius 1 is 1.43 bits per heavy atom. The van der Waals surface area contributed by atoms with Gasteiger partial charge in [-0.25, -0.2) is 5.10 Å². The smallest absolute Gasteiger partial charge is 0.284 e. The Hall–Kier alpha value is -1.95. The summed E-state index contributed by atoms with van der Waals surface area (Å²) in [4.78, 5) is 14.4. The van der Waals surface area contributed by atoms with Crippen molar-refractivity contribution in [2.75, 3.05) is 13.6 Å². The van der Waals surface area contributed by atoms with Crippen LogP contribution in [0.3, 0.4) is 0 Å². The molecule has 1 aliphatic carbocycles. The van der Waals surface area contributed by atoms with Crippen molar-refractivity contribution >= 4 is 18.1 Å². The number of nitrogens with one attached hydrogen (secondary N) is 1. The molecular weight excluding hydrogens is 286 g/mol. The summed E-state index contributed by atoms with van der Waals surface area (Å²) >= 11 is 4.85. The van der Waals surface area contributed by atoms with E-state index in [-0.39, 0.29) is 10.7 Å². The zero-order valence-corrected chi connectivity index (χ0v) is 12.7. The SMILES string of the molecule is CN(CC1CCC1)C(=O)c1ccc(-c2n[nH]c(=S)o2)cc1. The molecule has 0 saturated heterocycles. The summed E-state index contributed by atoms with van der Waals surface area (Å²) in [5.74, 6) is 1.16. The molecule has 1 heterocycles. The molecule has 0 spiro atoms. The second kappa shape index (κ2) is 5.81. The predicted octanol–water partition coefficient (Wildman–Crippen LogP) is 3.27. The van der Waals surface area contributed by atoms with Crippen LogP contribution in [0.2, 0.25) is 0 Å². The molecular formula is C15H17N3O2S. The zero-order valence-electron chi connectivity index (χ0n) is 11.8. The van der Waals surface area contributed by atoms with Crippen molar-refractivity contribution in [3.8, 4) is 11.5 Å². The molecule has 21 heavy (non-hydrogen) atoms. The van der Waals surface area contributed by atoms with Crippen molar-refractivity contribution in [1.29, 1.82) is 0 Å². The van der Waals surface area contributed by atoms with Crippen LogP contribution in [0.4, 0.5) is 0 Å². The van der Waals surface area contributed by atoms with E-state index < -0.39 is 0 Å². The molecule has 1 aromatic heterocycles. The summed E-state index contributed by atoms with van der Waals surface area (Å²) in [7, 11) is 1.86. The number of amides is 1. The number of aromatic amines is 1. The Morgan fingerprint density at radius 2 is 2.14 bits per heavy atom. The number of nitrogens with zero attached hydrogens (tertiary/aromatic N) is 2. The lowest BCUT2D eigenvalue weighted by molar-refractivity contribution is 0.0745. The molecule has 6 heteroatoms. The van der Waals surface area contributed by atoms with Gasteiger partial charge in [0.1, 0.15) is 0 Å². The molecule has 0 radical (unpaired) electrons. The Bertz CT molecular complexity index is 685. The summed E-state index contributed by atoms with van der Waals surface area (Å²) in [5, 5.41) is 6.54. The molecule has 5 nitrogen and oxygen atoms in total. The van der Waals surface area contributed by atoms with Crippen LogP contribution in [0.25, 0.3) is 11.5 Å². The van der Waals surface area contributed by atoms with Gasteiger partial charge in [0.25, 0.3) is 10.7 Å². The molecule has 1 aromatic carbocycles. The van der Waals surface area contributed by atoms with Gasteiger partial charge in [-0.1, -0.05) is 6.42 Å². The molecule has 0 atom stereocenters. The number of hydrogen-bond acceptors (Lipinski definition) is 4. The number of benzene rings is 1. The maximum Gasteiger partial charge on any atom is 0.284 e. The van der Waals surface area contributed by atoms with Gasteiger partial charge in [0, 0.05) is 24.7 Å². The van der Waals surface area contributed by atoms with Gasteiger partial charge in [0.2, 0.25) is 5.89 Å². The molecule has 3 rings (SSSR count). The van der Waals surface area contributed by atoms with Crippen LogP contribution in [0.5, 0.6) is 0 Å². The van der Waals surface area contributed by atoms with E-state index in [1.807, 2.05) is 19.2 Å². The highest BCUT2D eigenvalue weighted by Gasteiger charge is 2.22. The third-order valence-corrected chi connectivity index (χ3v) is 4.10. The van der Waals surface area contributed by atoms with E-state index in [0.717, 1.165) is 12.1 Å². The summed E-state index contributed by atoms with van der Waals surface area (Å²) < 4.78 is 5.24. The van der Waals surface area contributed by atoms with Gasteiger partial charge in [-0.3, -0.25) is 4.79 Å². The first-order valence-corrected chi connectivity index (χ1v) is 7.46. The van der Waals surface area contributed by atoms with Gasteiger partial charge >= 0.3 is 0 Å². The van der Waals surface area contributed by atoms with Gasteiger partial charge in [-0.2, -0.15) is 0 Å². The topological polar surface area (TPSA) is 62.1 Å². The maximum atomic E-state index is 12.3. The summed E-state index contributed by atoms with van der Waals surface area (Å²) in [5.41, 5.74) is 1.47. The van der Waals surface area contributed by atoms with Gasteiger partial charge in [-0.15, -0.1) is 5.10 Å². The molecule has 1 N–H and O–H groups in total. The first-order chi connectivity index (χ1) is 10.1. The molecule has 1 fully saturated rings. The Labute approximate surface area is 128 Å². The van der Waals surface area contributed by atoms with E-state index >= 15 is 0 Å². The Morgan fingerprint density at radius 3 is 2.67 bits per heavy atom. The second-order valence-corrected chi connectivity index (χ2v) is 5.85. The van der Waals surface area contributed by atoms with Crippen molar-refractivity contribution < 1.29 is 9.21 Å². The maximum absolute atomic E-state index is 12.3. The lowest BCUT2D eigenvalue weighted by atomic mass is 9.85. The van der Waals surface area contributed by atoms with Crippen LogP contribution >= 0.6 is 12.2 Å². The molecule has 0 aliphatic heterocycles. The quantitative estimate of drug-likeness (QED) is 0.881. The number of hydrogen-bond donors (Lipinski definition) is 1. The number of H-pyrrole nitrogens is 1. The Balaban J connectivity index is 1.70. The summed E-state index contributed by atoms with van der Waals surface area (Å²) in [6.45, 7) is 0.842. The number of rotatable bonds is 4. The minimum Gasteiger partial charge on any atom is -0.409 e. The molecule has 1 aliphatic rings. The molecule has 0 bridgehead atoms. The van der Waals surface area contributed by atoms with Crippen LogP contribution in [0.15, 0.2) is 28.7 Å². The fourth-order valence-electron chi connectivity index (χ4n) is 2.47. The van der Waals surface area contributed by atoms with Crippen LogP contribution in [-0.2, 0) is 0 Å². The number of carbonyl (C=O) groups excluding carboxylic acids is 1. The summed E-state index contributed by atoms with van der Waals surface area (Å²) in [6.07, 6.45) is 3.76. The average Bonchev–Trinajstić information content (AvgIpc) is 2.88. The largest absolute Gasteiger partial charge is 0.409 e. The fraction of sp³-hybridized carbons (Fsp3) is 0.400. The highest BCUT2D eigenvalue weighted by molar-refractivity contribution is 7.71. The highest BCUT2D eigenvalue weighted by atomic mass is 32.1. The molecule has 1 saturated carbocycles. The normalized spacial score (nSPS) is 14.7. The third kappa shape index (κ3) is 3.05. The van der Waals surface area contributed by atoms with E-state index in [1.165, 1.54) is 19.3 Å². The van der Waals surface area contributed by atoms with Crippen LogP contribution < -0.4 is 0 Å². The molecule has 110 valence electrons. The van der Waals surface area contributed by atoms with E-state index in [9.17, 15) is 4.79 Å². The van der Waals surface area contributed by atoms with Crippen LogP contribution in [0.1, 0.15) is 29.6 Å². The molecule has 0 unspecified atom stereocenters. The molecule has 1 amide bonds. The van der Waals surface area contributed by atoms with Crippen molar-refractivity contribution in [1.82, 2.24) is 15.1 Å². The lowest BCUT2D eigenvalue weighted by Crippen LogP contribution is -2.34. The van der Waals surface area contributed by atoms with Gasteiger partial charge in [0.15, 0.2) is 0 Å². The van der Waals surface area contributed by atoms with Crippen molar-refractivity contribution in [3.63, 3.8) is 0 Å². The Kier molecular flexibility index (Phi) is 3.88. The van der Waals surface area contributed by atoms with E-state index in [0.29, 0.717) is 17.4 Å². The monoisotopic (exact) mass is 303 g/mol. The number of aromatic nitrogens is 2. The van der Waals surface area contributed by atoms with Gasteiger partial charge < -0.3 is 9.32 Å². The van der Waals surface area contributed by atoms with Crippen molar-refractivity contribution in [2.24, 2.45) is 5.92 Å². The third-order valence-electron chi connectivity index (χ3n) is 3.92. The van der Waals surface area contributed by atoms with E-state index in [4.69, 9.17) is 16.6 Å². The van der Waals surface area contributed by atoms with E-state index in [1.54, 1.807) is 17.0 Å². The minimum absolute atomic E-state index is 0.0522. The molecule has 2 aromatic rings. The highest BCUT2D eigenvalue weighted by Crippen LogP contribution is 2.27. The summed E-state index contributed by atoms with van der Waals surface area (Å²) in [6, 6.07) is 7.22. The minimum atomic E-state index is 0.0522. The lowest BCUT2D eigenvalue weighted by Gasteiger charge is -2.30. The standard InChI is InChI=1S/C15H17N3O2S/c1-18(9-10-3-2-4-10)14(19)12-7-5-11(6-8-12)13-16-17-15(21)20-13/h5-8,10H,2-4,9H2,1H3,(H,17,21). The fourth-order valence-corrected chi connectivity index (χ4v) is 2.60.